The highest BCUT2D eigenvalue weighted by molar-refractivity contribution is 5.94. The lowest BCUT2D eigenvalue weighted by Crippen LogP contribution is -2.30. The molecule has 0 aliphatic heterocycles. The van der Waals surface area contributed by atoms with Gasteiger partial charge in [-0.3, -0.25) is 4.79 Å². The van der Waals surface area contributed by atoms with Crippen LogP contribution in [-0.2, 0) is 11.3 Å². The number of amides is 1. The number of hydrogen-bond acceptors (Lipinski definition) is 2. The molecule has 0 saturated carbocycles. The summed E-state index contributed by atoms with van der Waals surface area (Å²) >= 11 is 0. The number of anilines is 1. The van der Waals surface area contributed by atoms with Gasteiger partial charge in [0, 0.05) is 18.3 Å². The number of halogens is 3. The fourth-order valence-corrected chi connectivity index (χ4v) is 1.87. The van der Waals surface area contributed by atoms with E-state index in [2.05, 4.69) is 19.2 Å². The molecule has 1 aromatic rings. The minimum absolute atomic E-state index is 0.151. The fourth-order valence-electron chi connectivity index (χ4n) is 1.87. The Hall–Kier alpha value is -1.56. The summed E-state index contributed by atoms with van der Waals surface area (Å²) in [7, 11) is 0. The summed E-state index contributed by atoms with van der Waals surface area (Å²) in [5.74, 6) is -1.95. The van der Waals surface area contributed by atoms with Crippen LogP contribution in [0.4, 0.5) is 18.9 Å². The van der Waals surface area contributed by atoms with Gasteiger partial charge in [-0.2, -0.15) is 13.2 Å². The number of hydrogen-bond donors (Lipinski definition) is 2. The predicted molar refractivity (Wildman–Crippen MR) is 77.0 cm³/mol. The van der Waals surface area contributed by atoms with Gasteiger partial charge < -0.3 is 10.6 Å². The van der Waals surface area contributed by atoms with E-state index in [9.17, 15) is 18.0 Å². The number of benzene rings is 1. The molecule has 1 unspecified atom stereocenters. The zero-order valence-electron chi connectivity index (χ0n) is 12.3. The van der Waals surface area contributed by atoms with Crippen molar-refractivity contribution in [3.8, 4) is 0 Å². The van der Waals surface area contributed by atoms with Gasteiger partial charge in [0.05, 0.1) is 0 Å². The molecule has 0 radical (unpaired) electrons. The highest BCUT2D eigenvalue weighted by Crippen LogP contribution is 2.19. The molecule has 0 spiro atoms. The van der Waals surface area contributed by atoms with Crippen LogP contribution in [0.1, 0.15) is 38.7 Å². The first-order valence-corrected chi connectivity index (χ1v) is 7.03. The Morgan fingerprint density at radius 3 is 2.67 bits per heavy atom. The number of alkyl halides is 3. The highest BCUT2D eigenvalue weighted by Gasteiger charge is 2.38. The van der Waals surface area contributed by atoms with E-state index in [1.807, 2.05) is 11.4 Å². The Labute approximate surface area is 122 Å². The Morgan fingerprint density at radius 1 is 1.33 bits per heavy atom. The second kappa shape index (κ2) is 8.02. The molecule has 0 aliphatic rings. The van der Waals surface area contributed by atoms with Gasteiger partial charge in [0.1, 0.15) is 0 Å². The van der Waals surface area contributed by atoms with E-state index >= 15 is 0 Å². The maximum absolute atomic E-state index is 12.2. The Bertz CT molecular complexity index is 460. The van der Waals surface area contributed by atoms with Gasteiger partial charge in [0.2, 0.25) is 0 Å². The molecule has 1 atom stereocenters. The van der Waals surface area contributed by atoms with E-state index in [0.29, 0.717) is 12.6 Å². The third kappa shape index (κ3) is 6.62. The molecule has 21 heavy (non-hydrogen) atoms. The van der Waals surface area contributed by atoms with E-state index in [1.54, 1.807) is 12.1 Å². The normalized spacial score (nSPS) is 13.0. The second-order valence-corrected chi connectivity index (χ2v) is 5.08. The van der Waals surface area contributed by atoms with Crippen LogP contribution in [0, 0.1) is 0 Å². The van der Waals surface area contributed by atoms with Gasteiger partial charge in [0.25, 0.3) is 0 Å². The van der Waals surface area contributed by atoms with Crippen LogP contribution < -0.4 is 10.6 Å². The van der Waals surface area contributed by atoms with Gasteiger partial charge in [-0.15, -0.1) is 0 Å². The Balaban J connectivity index is 2.54. The van der Waals surface area contributed by atoms with Crippen LogP contribution in [0.3, 0.4) is 0 Å². The van der Waals surface area contributed by atoms with Crippen molar-refractivity contribution in [1.29, 1.82) is 0 Å². The van der Waals surface area contributed by atoms with Gasteiger partial charge in [-0.05, 0) is 31.0 Å². The molecule has 0 aliphatic carbocycles. The molecule has 1 aromatic carbocycles. The van der Waals surface area contributed by atoms with Crippen LogP contribution >= 0.6 is 0 Å². The van der Waals surface area contributed by atoms with Crippen molar-refractivity contribution in [3.63, 3.8) is 0 Å². The Kier molecular flexibility index (Phi) is 6.68. The fraction of sp³-hybridized carbons (Fsp3) is 0.533. The summed E-state index contributed by atoms with van der Waals surface area (Å²) in [5, 5.41) is 5.16. The summed E-state index contributed by atoms with van der Waals surface area (Å²) in [6, 6.07) is 6.76. The topological polar surface area (TPSA) is 41.1 Å². The minimum atomic E-state index is -4.87. The van der Waals surface area contributed by atoms with Crippen molar-refractivity contribution in [2.45, 2.75) is 51.9 Å². The van der Waals surface area contributed by atoms with Crippen LogP contribution in [0.2, 0.25) is 0 Å². The van der Waals surface area contributed by atoms with Gasteiger partial charge in [-0.1, -0.05) is 31.9 Å². The molecule has 0 saturated heterocycles. The molecular formula is C15H21F3N2O. The second-order valence-electron chi connectivity index (χ2n) is 5.08. The zero-order valence-corrected chi connectivity index (χ0v) is 12.3. The molecule has 0 heterocycles. The van der Waals surface area contributed by atoms with E-state index < -0.39 is 12.1 Å². The van der Waals surface area contributed by atoms with E-state index in [-0.39, 0.29) is 5.69 Å². The smallest absolute Gasteiger partial charge is 0.318 e. The average Bonchev–Trinajstić information content (AvgIpc) is 2.42. The van der Waals surface area contributed by atoms with Crippen molar-refractivity contribution in [3.05, 3.63) is 29.8 Å². The van der Waals surface area contributed by atoms with Crippen LogP contribution in [-0.4, -0.2) is 18.1 Å². The zero-order chi connectivity index (χ0) is 15.9. The summed E-state index contributed by atoms with van der Waals surface area (Å²) in [6.07, 6.45) is -1.55. The maximum Gasteiger partial charge on any atom is 0.471 e. The first-order chi connectivity index (χ1) is 9.82. The van der Waals surface area contributed by atoms with Crippen molar-refractivity contribution in [1.82, 2.24) is 5.32 Å². The monoisotopic (exact) mass is 302 g/mol. The predicted octanol–water partition coefficient (Wildman–Crippen LogP) is 3.86. The number of rotatable bonds is 7. The van der Waals surface area contributed by atoms with E-state index in [4.69, 9.17) is 0 Å². The quantitative estimate of drug-likeness (QED) is 0.803. The average molecular weight is 302 g/mol. The molecular weight excluding hydrogens is 281 g/mol. The SMILES string of the molecule is CCCCC(C)NCc1cccc(NC(=O)C(F)(F)F)c1. The number of unbranched alkanes of at least 4 members (excludes halogenated alkanes) is 1. The molecule has 2 N–H and O–H groups in total. The summed E-state index contributed by atoms with van der Waals surface area (Å²) in [4.78, 5) is 10.9. The highest BCUT2D eigenvalue weighted by atomic mass is 19.4. The van der Waals surface area contributed by atoms with Crippen LogP contribution in [0.15, 0.2) is 24.3 Å². The number of carbonyl (C=O) groups excluding carboxylic acids is 1. The van der Waals surface area contributed by atoms with Crippen molar-refractivity contribution >= 4 is 11.6 Å². The van der Waals surface area contributed by atoms with Crippen LogP contribution in [0.25, 0.3) is 0 Å². The first-order valence-electron chi connectivity index (χ1n) is 7.03. The lowest BCUT2D eigenvalue weighted by Gasteiger charge is -2.14. The van der Waals surface area contributed by atoms with Gasteiger partial charge >= 0.3 is 12.1 Å². The summed E-state index contributed by atoms with van der Waals surface area (Å²) in [6.45, 7) is 4.76. The van der Waals surface area contributed by atoms with Gasteiger partial charge in [0.15, 0.2) is 0 Å². The molecule has 1 amide bonds. The Morgan fingerprint density at radius 2 is 2.05 bits per heavy atom. The molecule has 0 aromatic heterocycles. The largest absolute Gasteiger partial charge is 0.471 e. The first kappa shape index (κ1) is 17.5. The standard InChI is InChI=1S/C15H21F3N2O/c1-3-4-6-11(2)19-10-12-7-5-8-13(9-12)20-14(21)15(16,17)18/h5,7-9,11,19H,3-4,6,10H2,1-2H3,(H,20,21). The van der Waals surface area contributed by atoms with Crippen molar-refractivity contribution < 1.29 is 18.0 Å². The maximum atomic E-state index is 12.2. The molecule has 118 valence electrons. The third-order valence-corrected chi connectivity index (χ3v) is 3.09. The number of nitrogens with one attached hydrogen (secondary N) is 2. The van der Waals surface area contributed by atoms with Crippen molar-refractivity contribution in [2.75, 3.05) is 5.32 Å². The third-order valence-electron chi connectivity index (χ3n) is 3.09. The van der Waals surface area contributed by atoms with Crippen LogP contribution in [0.5, 0.6) is 0 Å². The molecule has 0 fully saturated rings. The number of carbonyl (C=O) groups is 1. The van der Waals surface area contributed by atoms with Crippen molar-refractivity contribution in [2.24, 2.45) is 0 Å². The lowest BCUT2D eigenvalue weighted by molar-refractivity contribution is -0.167. The van der Waals surface area contributed by atoms with E-state index in [0.717, 1.165) is 24.8 Å². The van der Waals surface area contributed by atoms with E-state index in [1.165, 1.54) is 6.07 Å². The summed E-state index contributed by atoms with van der Waals surface area (Å²) < 4.78 is 36.5. The molecule has 1 rings (SSSR count). The molecule has 3 nitrogen and oxygen atoms in total. The lowest BCUT2D eigenvalue weighted by atomic mass is 10.1. The minimum Gasteiger partial charge on any atom is -0.318 e. The van der Waals surface area contributed by atoms with Gasteiger partial charge in [-0.25, -0.2) is 0 Å². The molecule has 0 bridgehead atoms. The molecule has 6 heteroatoms. The summed E-state index contributed by atoms with van der Waals surface area (Å²) in [5.41, 5.74) is 0.983.